The molecule has 0 aliphatic heterocycles. The van der Waals surface area contributed by atoms with Crippen LogP contribution in [0.15, 0.2) is 23.1 Å². The van der Waals surface area contributed by atoms with Gasteiger partial charge in [-0.15, -0.1) is 0 Å². The lowest BCUT2D eigenvalue weighted by molar-refractivity contribution is -0.117. The normalized spacial score (nSPS) is 13.0. The number of carbonyl (C=O) groups is 1. The zero-order chi connectivity index (χ0) is 16.6. The van der Waals surface area contributed by atoms with Gasteiger partial charge in [0, 0.05) is 6.26 Å². The Morgan fingerprint density at radius 1 is 1.24 bits per heavy atom. The minimum absolute atomic E-state index is 0.406. The largest absolute Gasteiger partial charge is 0.322 e. The van der Waals surface area contributed by atoms with Gasteiger partial charge in [-0.25, -0.2) is 26.4 Å². The van der Waals surface area contributed by atoms with E-state index in [-0.39, 0.29) is 0 Å². The minimum Gasteiger partial charge on any atom is -0.322 e. The van der Waals surface area contributed by atoms with E-state index in [4.69, 9.17) is 5.14 Å². The fourth-order valence-electron chi connectivity index (χ4n) is 1.22. The van der Waals surface area contributed by atoms with Gasteiger partial charge < -0.3 is 5.32 Å². The molecule has 10 heteroatoms. The Hall–Kier alpha value is -1.52. The van der Waals surface area contributed by atoms with Gasteiger partial charge in [-0.3, -0.25) is 4.79 Å². The van der Waals surface area contributed by atoms with Crippen LogP contribution in [0.2, 0.25) is 0 Å². The van der Waals surface area contributed by atoms with Crippen LogP contribution in [-0.4, -0.2) is 33.7 Å². The van der Waals surface area contributed by atoms with Gasteiger partial charge in [-0.2, -0.15) is 0 Å². The fraction of sp³-hybridized carbons (Fsp3) is 0.364. The third kappa shape index (κ3) is 3.77. The summed E-state index contributed by atoms with van der Waals surface area (Å²) < 4.78 is 57.2. The summed E-state index contributed by atoms with van der Waals surface area (Å²) in [4.78, 5) is 11.6. The van der Waals surface area contributed by atoms with Crippen LogP contribution in [0.1, 0.15) is 13.8 Å². The van der Waals surface area contributed by atoms with Crippen molar-refractivity contribution < 1.29 is 26.0 Å². The quantitative estimate of drug-likeness (QED) is 0.813. The summed E-state index contributed by atoms with van der Waals surface area (Å²) in [6.07, 6.45) is 0.865. The summed E-state index contributed by atoms with van der Waals surface area (Å²) >= 11 is 0. The maximum atomic E-state index is 13.6. The number of hydrogen-bond donors (Lipinski definition) is 2. The van der Waals surface area contributed by atoms with E-state index >= 15 is 0 Å². The lowest BCUT2D eigenvalue weighted by atomic mass is 10.2. The second-order valence-electron chi connectivity index (χ2n) is 4.92. The lowest BCUT2D eigenvalue weighted by Gasteiger charge is -2.21. The lowest BCUT2D eigenvalue weighted by Crippen LogP contribution is -2.44. The molecule has 0 saturated carbocycles. The summed E-state index contributed by atoms with van der Waals surface area (Å²) in [7, 11) is -7.83. The molecule has 0 aliphatic carbocycles. The number of anilines is 1. The molecule has 0 saturated heterocycles. The van der Waals surface area contributed by atoms with E-state index in [0.29, 0.717) is 0 Å². The monoisotopic (exact) mass is 338 g/mol. The van der Waals surface area contributed by atoms with Crippen LogP contribution in [-0.2, 0) is 24.7 Å². The highest BCUT2D eigenvalue weighted by atomic mass is 32.2. The molecule has 7 nitrogen and oxygen atoms in total. The zero-order valence-electron chi connectivity index (χ0n) is 11.5. The maximum absolute atomic E-state index is 13.6. The molecule has 3 N–H and O–H groups in total. The molecule has 0 unspecified atom stereocenters. The first kappa shape index (κ1) is 17.5. The zero-order valence-corrected chi connectivity index (χ0v) is 13.2. The number of primary sulfonamides is 1. The van der Waals surface area contributed by atoms with Crippen molar-refractivity contribution in [2.45, 2.75) is 23.5 Å². The molecule has 0 fully saturated rings. The highest BCUT2D eigenvalue weighted by Gasteiger charge is 2.38. The fourth-order valence-corrected chi connectivity index (χ4v) is 2.15. The molecule has 0 aliphatic rings. The number of sulfone groups is 1. The molecule has 0 atom stereocenters. The highest BCUT2D eigenvalue weighted by molar-refractivity contribution is 7.92. The molecule has 118 valence electrons. The van der Waals surface area contributed by atoms with E-state index in [0.717, 1.165) is 38.3 Å². The van der Waals surface area contributed by atoms with Gasteiger partial charge in [0.15, 0.2) is 9.84 Å². The topological polar surface area (TPSA) is 123 Å². The predicted molar refractivity (Wildman–Crippen MR) is 75.3 cm³/mol. The van der Waals surface area contributed by atoms with Crippen molar-refractivity contribution in [3.8, 4) is 0 Å². The van der Waals surface area contributed by atoms with E-state index < -0.39 is 46.9 Å². The molecule has 0 aromatic heterocycles. The van der Waals surface area contributed by atoms with Gasteiger partial charge in [-0.1, -0.05) is 0 Å². The van der Waals surface area contributed by atoms with Crippen molar-refractivity contribution in [1.82, 2.24) is 0 Å². The second kappa shape index (κ2) is 5.35. The number of hydrogen-bond acceptors (Lipinski definition) is 5. The van der Waals surface area contributed by atoms with Crippen LogP contribution in [0.3, 0.4) is 0 Å². The molecule has 0 radical (unpaired) electrons. The van der Waals surface area contributed by atoms with Crippen LogP contribution in [0, 0.1) is 5.82 Å². The Bertz CT molecular complexity index is 785. The average Bonchev–Trinajstić information content (AvgIpc) is 2.28. The van der Waals surface area contributed by atoms with E-state index in [1.807, 2.05) is 0 Å². The van der Waals surface area contributed by atoms with Gasteiger partial charge in [0.1, 0.15) is 10.6 Å². The van der Waals surface area contributed by atoms with Gasteiger partial charge in [0.2, 0.25) is 15.9 Å². The first-order valence-corrected chi connectivity index (χ1v) is 9.04. The number of carbonyl (C=O) groups excluding carboxylic acids is 1. The molecule has 1 rings (SSSR count). The summed E-state index contributed by atoms with van der Waals surface area (Å²) in [5.74, 6) is -1.91. The van der Waals surface area contributed by atoms with E-state index in [9.17, 15) is 26.0 Å². The van der Waals surface area contributed by atoms with E-state index in [1.165, 1.54) is 0 Å². The third-order valence-corrected chi connectivity index (χ3v) is 5.94. The highest BCUT2D eigenvalue weighted by Crippen LogP contribution is 2.22. The maximum Gasteiger partial charge on any atom is 0.245 e. The number of benzene rings is 1. The van der Waals surface area contributed by atoms with Crippen molar-refractivity contribution in [2.75, 3.05) is 11.6 Å². The van der Waals surface area contributed by atoms with E-state index in [2.05, 4.69) is 5.32 Å². The van der Waals surface area contributed by atoms with Crippen LogP contribution < -0.4 is 10.5 Å². The second-order valence-corrected chi connectivity index (χ2v) is 9.05. The average molecular weight is 338 g/mol. The number of halogens is 1. The molecule has 0 bridgehead atoms. The van der Waals surface area contributed by atoms with Crippen molar-refractivity contribution in [2.24, 2.45) is 5.14 Å². The molecule has 0 heterocycles. The van der Waals surface area contributed by atoms with Crippen LogP contribution >= 0.6 is 0 Å². The van der Waals surface area contributed by atoms with Gasteiger partial charge in [-0.05, 0) is 32.0 Å². The Morgan fingerprint density at radius 3 is 2.19 bits per heavy atom. The molecule has 1 amide bonds. The number of amides is 1. The van der Waals surface area contributed by atoms with Crippen LogP contribution in [0.4, 0.5) is 10.1 Å². The van der Waals surface area contributed by atoms with E-state index in [1.54, 1.807) is 0 Å². The number of rotatable bonds is 4. The van der Waals surface area contributed by atoms with Gasteiger partial charge >= 0.3 is 0 Å². The molecular formula is C11H15FN2O5S2. The predicted octanol–water partition coefficient (Wildman–Crippen LogP) is 0.235. The van der Waals surface area contributed by atoms with Crippen molar-refractivity contribution in [3.05, 3.63) is 24.0 Å². The molecule has 1 aromatic carbocycles. The Kier molecular flexibility index (Phi) is 4.47. The first-order chi connectivity index (χ1) is 9.26. The summed E-state index contributed by atoms with van der Waals surface area (Å²) in [6.45, 7) is 2.30. The van der Waals surface area contributed by atoms with Crippen molar-refractivity contribution >= 4 is 31.5 Å². The number of nitrogens with one attached hydrogen (secondary N) is 1. The SMILES string of the molecule is CC(C)(C(=O)Nc1cc(S(N)(=O)=O)ccc1F)S(C)(=O)=O. The van der Waals surface area contributed by atoms with Gasteiger partial charge in [0.25, 0.3) is 0 Å². The van der Waals surface area contributed by atoms with Crippen LogP contribution in [0.25, 0.3) is 0 Å². The summed E-state index contributed by atoms with van der Waals surface area (Å²) in [6, 6.07) is 2.56. The molecule has 21 heavy (non-hydrogen) atoms. The van der Waals surface area contributed by atoms with Crippen molar-refractivity contribution in [1.29, 1.82) is 0 Å². The Balaban J connectivity index is 3.24. The Morgan fingerprint density at radius 2 is 1.76 bits per heavy atom. The standard InChI is InChI=1S/C11H15FN2O5S2/c1-11(2,20(3,16)17)10(15)14-9-6-7(21(13,18)19)4-5-8(9)12/h4-6H,1-3H3,(H,14,15)(H2,13,18,19). The third-order valence-electron chi connectivity index (χ3n) is 2.99. The van der Waals surface area contributed by atoms with Crippen LogP contribution in [0.5, 0.6) is 0 Å². The number of sulfonamides is 1. The molecule has 1 aromatic rings. The first-order valence-electron chi connectivity index (χ1n) is 5.60. The smallest absolute Gasteiger partial charge is 0.245 e. The Labute approximate surface area is 122 Å². The summed E-state index contributed by atoms with van der Waals surface area (Å²) in [5, 5.41) is 6.96. The van der Waals surface area contributed by atoms with Gasteiger partial charge in [0.05, 0.1) is 10.6 Å². The molecule has 0 spiro atoms. The number of nitrogens with two attached hydrogens (primary N) is 1. The molecular weight excluding hydrogens is 323 g/mol. The summed E-state index contributed by atoms with van der Waals surface area (Å²) in [5.41, 5.74) is -0.469. The minimum atomic E-state index is -4.08. The van der Waals surface area contributed by atoms with Crippen molar-refractivity contribution in [3.63, 3.8) is 0 Å².